The van der Waals surface area contributed by atoms with Crippen LogP contribution in [0, 0.1) is 0 Å². The first-order chi connectivity index (χ1) is 18.7. The van der Waals surface area contributed by atoms with Crippen molar-refractivity contribution in [3.63, 3.8) is 0 Å². The van der Waals surface area contributed by atoms with E-state index in [-0.39, 0.29) is 25.3 Å². The van der Waals surface area contributed by atoms with Gasteiger partial charge < -0.3 is 24.6 Å². The minimum Gasteiger partial charge on any atom is -0.494 e. The average molecular weight is 629 g/mol. The minimum absolute atomic E-state index is 0.0119. The van der Waals surface area contributed by atoms with Crippen LogP contribution >= 0.6 is 15.9 Å². The number of halogens is 4. The lowest BCUT2D eigenvalue weighted by Gasteiger charge is -2.31. The van der Waals surface area contributed by atoms with Gasteiger partial charge in [0, 0.05) is 29.5 Å². The van der Waals surface area contributed by atoms with E-state index in [2.05, 4.69) is 20.9 Å². The van der Waals surface area contributed by atoms with Gasteiger partial charge in [-0.25, -0.2) is 4.99 Å². The fourth-order valence-electron chi connectivity index (χ4n) is 4.03. The summed E-state index contributed by atoms with van der Waals surface area (Å²) in [6, 6.07) is 13.3. The molecule has 8 nitrogen and oxygen atoms in total. The molecule has 0 aromatic heterocycles. The predicted octanol–water partition coefficient (Wildman–Crippen LogP) is 5.27. The summed E-state index contributed by atoms with van der Waals surface area (Å²) >= 11 is 3.35. The van der Waals surface area contributed by atoms with Crippen molar-refractivity contribution in [2.75, 3.05) is 19.8 Å². The molecule has 0 radical (unpaired) electrons. The van der Waals surface area contributed by atoms with Crippen LogP contribution in [0.15, 0.2) is 58.0 Å². The zero-order valence-corrected chi connectivity index (χ0v) is 24.0. The average Bonchev–Trinajstić information content (AvgIpc) is 3.26. The first kappa shape index (κ1) is 31.4. The molecule has 0 unspecified atom stereocenters. The first-order valence-electron chi connectivity index (χ1n) is 12.7. The quantitative estimate of drug-likeness (QED) is 0.259. The number of aliphatic imine (C=N–C) groups is 1. The van der Waals surface area contributed by atoms with Gasteiger partial charge in [-0.2, -0.15) is 13.2 Å². The molecule has 2 N–H and O–H groups in total. The van der Waals surface area contributed by atoms with E-state index in [0.717, 1.165) is 4.47 Å². The highest BCUT2D eigenvalue weighted by Crippen LogP contribution is 2.43. The third-order valence-electron chi connectivity index (χ3n) is 5.78. The van der Waals surface area contributed by atoms with Crippen LogP contribution in [0.25, 0.3) is 0 Å². The maximum absolute atomic E-state index is 13.5. The zero-order valence-electron chi connectivity index (χ0n) is 22.4. The SMILES string of the molecule is CC(C)(C)OC(=O)CC[C@@]1(C(=O)NCC(F)(F)F)N=C(c2ccc(OCCCO)cc2)O[C@@H]1c1ccc(Br)cc1. The van der Waals surface area contributed by atoms with Crippen molar-refractivity contribution in [3.8, 4) is 5.75 Å². The fourth-order valence-corrected chi connectivity index (χ4v) is 4.29. The normalized spacial score (nSPS) is 19.0. The second-order valence-electron chi connectivity index (χ2n) is 10.2. The number of nitrogens with one attached hydrogen (secondary N) is 1. The number of hydrogen-bond acceptors (Lipinski definition) is 7. The number of benzene rings is 2. The summed E-state index contributed by atoms with van der Waals surface area (Å²) in [5.41, 5.74) is -1.76. The Morgan fingerprint density at radius 2 is 1.75 bits per heavy atom. The molecule has 218 valence electrons. The lowest BCUT2D eigenvalue weighted by molar-refractivity contribution is -0.156. The number of amides is 1. The molecule has 2 aromatic rings. The molecule has 0 bridgehead atoms. The number of hydrogen-bond donors (Lipinski definition) is 2. The molecule has 0 saturated carbocycles. The van der Waals surface area contributed by atoms with Crippen LogP contribution in [-0.4, -0.2) is 60.0 Å². The van der Waals surface area contributed by atoms with Crippen LogP contribution < -0.4 is 10.1 Å². The van der Waals surface area contributed by atoms with Gasteiger partial charge in [0.25, 0.3) is 5.91 Å². The molecule has 1 amide bonds. The van der Waals surface area contributed by atoms with Gasteiger partial charge in [0.1, 0.15) is 17.9 Å². The molecule has 1 heterocycles. The molecule has 12 heteroatoms. The van der Waals surface area contributed by atoms with E-state index < -0.39 is 41.8 Å². The summed E-state index contributed by atoms with van der Waals surface area (Å²) < 4.78 is 57.1. The number of alkyl halides is 3. The summed E-state index contributed by atoms with van der Waals surface area (Å²) in [6.07, 6.45) is -5.89. The molecule has 0 saturated heterocycles. The van der Waals surface area contributed by atoms with E-state index in [0.29, 0.717) is 29.9 Å². The maximum atomic E-state index is 13.5. The van der Waals surface area contributed by atoms with Crippen molar-refractivity contribution in [2.45, 2.75) is 63.5 Å². The molecular formula is C28H32BrF3N2O6. The second-order valence-corrected chi connectivity index (χ2v) is 11.1. The van der Waals surface area contributed by atoms with E-state index >= 15 is 0 Å². The summed E-state index contributed by atoms with van der Waals surface area (Å²) in [5, 5.41) is 10.9. The van der Waals surface area contributed by atoms with Crippen molar-refractivity contribution >= 4 is 33.7 Å². The van der Waals surface area contributed by atoms with Gasteiger partial charge in [0.05, 0.1) is 6.61 Å². The van der Waals surface area contributed by atoms with Gasteiger partial charge in [-0.3, -0.25) is 9.59 Å². The van der Waals surface area contributed by atoms with Gasteiger partial charge in [-0.1, -0.05) is 28.1 Å². The summed E-state index contributed by atoms with van der Waals surface area (Å²) in [4.78, 5) is 30.7. The van der Waals surface area contributed by atoms with Gasteiger partial charge >= 0.3 is 12.1 Å². The van der Waals surface area contributed by atoms with Gasteiger partial charge in [0.15, 0.2) is 11.6 Å². The fraction of sp³-hybridized carbons (Fsp3) is 0.464. The van der Waals surface area contributed by atoms with Crippen molar-refractivity contribution in [1.82, 2.24) is 5.32 Å². The summed E-state index contributed by atoms with van der Waals surface area (Å²) in [5.74, 6) is -1.10. The third kappa shape index (κ3) is 8.69. The standard InChI is InChI=1S/C28H32BrF3N2O6/c1-26(2,3)40-22(36)13-14-27(25(37)33-17-28(30,31)32)23(18-5-9-20(29)10-6-18)39-24(34-27)19-7-11-21(12-8-19)38-16-4-15-35/h5-12,23,35H,4,13-17H2,1-3H3,(H,33,37)/t23-,27-/m1/s1. The molecule has 2 atom stereocenters. The highest BCUT2D eigenvalue weighted by molar-refractivity contribution is 9.10. The Bertz CT molecular complexity index is 1200. The molecule has 0 fully saturated rings. The Kier molecular flexibility index (Phi) is 10.2. The van der Waals surface area contributed by atoms with Crippen LogP contribution in [0.3, 0.4) is 0 Å². The Balaban J connectivity index is 2.02. The van der Waals surface area contributed by atoms with Crippen molar-refractivity contribution in [2.24, 2.45) is 4.99 Å². The molecule has 0 aliphatic carbocycles. The van der Waals surface area contributed by atoms with Crippen LogP contribution in [0.4, 0.5) is 13.2 Å². The van der Waals surface area contributed by atoms with E-state index in [1.165, 1.54) is 0 Å². The topological polar surface area (TPSA) is 106 Å². The number of esters is 1. The van der Waals surface area contributed by atoms with E-state index in [1.807, 2.05) is 5.32 Å². The molecule has 1 aliphatic heterocycles. The summed E-state index contributed by atoms with van der Waals surface area (Å²) in [7, 11) is 0. The van der Waals surface area contributed by atoms with Crippen LogP contribution in [0.2, 0.25) is 0 Å². The smallest absolute Gasteiger partial charge is 0.405 e. The van der Waals surface area contributed by atoms with Gasteiger partial charge in [-0.15, -0.1) is 0 Å². The number of aliphatic hydroxyl groups is 1. The number of ether oxygens (including phenoxy) is 3. The van der Waals surface area contributed by atoms with Crippen molar-refractivity contribution in [1.29, 1.82) is 0 Å². The van der Waals surface area contributed by atoms with E-state index in [4.69, 9.17) is 19.3 Å². The Labute approximate surface area is 239 Å². The maximum Gasteiger partial charge on any atom is 0.405 e. The molecule has 3 rings (SSSR count). The lowest BCUT2D eigenvalue weighted by atomic mass is 9.83. The first-order valence-corrected chi connectivity index (χ1v) is 13.4. The van der Waals surface area contributed by atoms with Crippen LogP contribution in [-0.2, 0) is 19.1 Å². The molecule has 0 spiro atoms. The number of nitrogens with zero attached hydrogens (tertiary/aromatic N) is 1. The minimum atomic E-state index is -4.66. The van der Waals surface area contributed by atoms with Gasteiger partial charge in [0.2, 0.25) is 5.90 Å². The number of rotatable bonds is 11. The third-order valence-corrected chi connectivity index (χ3v) is 6.31. The van der Waals surface area contributed by atoms with Crippen molar-refractivity contribution < 1.29 is 42.1 Å². The Morgan fingerprint density at radius 1 is 1.10 bits per heavy atom. The molecule has 2 aromatic carbocycles. The zero-order chi connectivity index (χ0) is 29.6. The highest BCUT2D eigenvalue weighted by Gasteiger charge is 2.54. The number of carbonyl (C=O) groups is 2. The van der Waals surface area contributed by atoms with Gasteiger partial charge in [-0.05, 0) is 69.2 Å². The van der Waals surface area contributed by atoms with E-state index in [1.54, 1.807) is 69.3 Å². The molecule has 40 heavy (non-hydrogen) atoms. The largest absolute Gasteiger partial charge is 0.494 e. The Hall–Kier alpha value is -3.12. The Morgan fingerprint density at radius 3 is 2.33 bits per heavy atom. The molecule has 1 aliphatic rings. The second kappa shape index (κ2) is 13.0. The highest BCUT2D eigenvalue weighted by atomic mass is 79.9. The van der Waals surface area contributed by atoms with Crippen LogP contribution in [0.5, 0.6) is 5.75 Å². The monoisotopic (exact) mass is 628 g/mol. The lowest BCUT2D eigenvalue weighted by Crippen LogP contribution is -2.50. The summed E-state index contributed by atoms with van der Waals surface area (Å²) in [6.45, 7) is 3.79. The number of aliphatic hydroxyl groups excluding tert-OH is 1. The van der Waals surface area contributed by atoms with Crippen LogP contribution in [0.1, 0.15) is 57.3 Å². The number of carbonyl (C=O) groups excluding carboxylic acids is 2. The van der Waals surface area contributed by atoms with E-state index in [9.17, 15) is 22.8 Å². The molecular weight excluding hydrogens is 597 g/mol. The van der Waals surface area contributed by atoms with Crippen molar-refractivity contribution in [3.05, 3.63) is 64.1 Å². The predicted molar refractivity (Wildman–Crippen MR) is 145 cm³/mol.